The molecule has 0 aliphatic rings. The molecule has 0 saturated heterocycles. The molecule has 0 radical (unpaired) electrons. The third kappa shape index (κ3) is 7.51. The van der Waals surface area contributed by atoms with E-state index in [4.69, 9.17) is 0 Å². The minimum absolute atomic E-state index is 0. The molecule has 0 heterocycles. The second kappa shape index (κ2) is 11.8. The van der Waals surface area contributed by atoms with Gasteiger partial charge in [0.15, 0.2) is 0 Å². The molecule has 0 saturated carbocycles. The lowest BCUT2D eigenvalue weighted by atomic mass is 10.1. The van der Waals surface area contributed by atoms with Crippen LogP contribution >= 0.6 is 0 Å². The third-order valence-electron chi connectivity index (χ3n) is 5.01. The predicted molar refractivity (Wildman–Crippen MR) is 151 cm³/mol. The van der Waals surface area contributed by atoms with Crippen molar-refractivity contribution in [1.29, 1.82) is 0 Å². The lowest BCUT2D eigenvalue weighted by Gasteiger charge is -2.07. The highest BCUT2D eigenvalue weighted by Gasteiger charge is 2.17. The van der Waals surface area contributed by atoms with Crippen molar-refractivity contribution in [2.45, 2.75) is 17.2 Å². The number of rotatable bonds is 9. The summed E-state index contributed by atoms with van der Waals surface area (Å²) in [6.45, 7) is 10.8. The van der Waals surface area contributed by atoms with E-state index in [1.54, 1.807) is 12.2 Å². The summed E-state index contributed by atoms with van der Waals surface area (Å²) in [6, 6.07) is 13.7. The maximum absolute atomic E-state index is 12.1. The van der Waals surface area contributed by atoms with Gasteiger partial charge < -0.3 is 0 Å². The molecule has 10 heteroatoms. The first-order chi connectivity index (χ1) is 16.9. The number of nitrogens with zero attached hydrogens (tertiary/aromatic N) is 2. The van der Waals surface area contributed by atoms with Crippen LogP contribution in [0.3, 0.4) is 0 Å². The normalized spacial score (nSPS) is 11.8. The Morgan fingerprint density at radius 2 is 1.11 bits per heavy atom. The van der Waals surface area contributed by atoms with Gasteiger partial charge in [-0.05, 0) is 77.0 Å². The molecule has 0 amide bonds. The molecule has 37 heavy (non-hydrogen) atoms. The highest BCUT2D eigenvalue weighted by atomic mass is 32.2. The molecule has 0 fully saturated rings. The molecule has 2 N–H and O–H groups in total. The van der Waals surface area contributed by atoms with E-state index in [1.165, 1.54) is 48.7 Å². The Balaban J connectivity index is 0.00000481. The lowest BCUT2D eigenvalue weighted by Crippen LogP contribution is -2.01. The van der Waals surface area contributed by atoms with Gasteiger partial charge in [0.05, 0.1) is 11.4 Å². The molecule has 3 aromatic rings. The van der Waals surface area contributed by atoms with Crippen molar-refractivity contribution < 1.29 is 25.9 Å². The molecule has 0 atom stereocenters. The third-order valence-corrected chi connectivity index (χ3v) is 6.83. The molecule has 0 aromatic heterocycles. The van der Waals surface area contributed by atoms with Crippen LogP contribution in [0.4, 0.5) is 11.4 Å². The smallest absolute Gasteiger partial charge is 0.282 e. The Bertz CT molecular complexity index is 1610. The Labute approximate surface area is 217 Å². The zero-order valence-corrected chi connectivity index (χ0v) is 20.6. The minimum atomic E-state index is -4.66. The van der Waals surface area contributed by atoms with E-state index in [1.807, 2.05) is 18.2 Å². The fraction of sp³-hybridized carbons (Fsp3) is 0.0370. The lowest BCUT2D eigenvalue weighted by molar-refractivity contribution is 0.480. The van der Waals surface area contributed by atoms with Gasteiger partial charge in [-0.25, -0.2) is 0 Å². The summed E-state index contributed by atoms with van der Waals surface area (Å²) in [4.78, 5) is 7.07. The van der Waals surface area contributed by atoms with E-state index in [9.17, 15) is 25.9 Å². The van der Waals surface area contributed by atoms with Gasteiger partial charge in [0.2, 0.25) is 0 Å². The van der Waals surface area contributed by atoms with Crippen molar-refractivity contribution in [3.63, 3.8) is 0 Å². The Hall–Kier alpha value is -3.96. The van der Waals surface area contributed by atoms with Gasteiger partial charge in [0.1, 0.15) is 9.79 Å². The molecular weight excluding hydrogens is 512 g/mol. The van der Waals surface area contributed by atoms with Gasteiger partial charge in [0, 0.05) is 6.21 Å². The average Bonchev–Trinajstić information content (AvgIpc) is 2.84. The molecule has 8 nitrogen and oxygen atoms in total. The average molecular weight is 539 g/mol. The van der Waals surface area contributed by atoms with Crippen LogP contribution in [0, 0.1) is 0 Å². The van der Waals surface area contributed by atoms with Crippen LogP contribution < -0.4 is 0 Å². The quantitative estimate of drug-likeness (QED) is 0.185. The summed E-state index contributed by atoms with van der Waals surface area (Å²) in [5, 5.41) is 0. The zero-order chi connectivity index (χ0) is 26.5. The van der Waals surface area contributed by atoms with E-state index < -0.39 is 30.0 Å². The first-order valence-corrected chi connectivity index (χ1v) is 13.1. The Morgan fingerprint density at radius 1 is 0.676 bits per heavy atom. The van der Waals surface area contributed by atoms with E-state index in [0.29, 0.717) is 0 Å². The summed E-state index contributed by atoms with van der Waals surface area (Å²) >= 11 is 0. The molecule has 192 valence electrons. The Kier molecular flexibility index (Phi) is 9.37. The van der Waals surface area contributed by atoms with Crippen LogP contribution in [0.25, 0.3) is 24.3 Å². The molecule has 0 aliphatic heterocycles. The monoisotopic (exact) mass is 538 g/mol. The molecule has 0 unspecified atom stereocenters. The SMILES string of the molecule is C.C=Cc1cc(C=C)cc(C=Nc2ccc(/C=C/c3ccc(N=C)cc3S(=O)(=O)O)c(S(=O)(=O)O)c2)c1. The van der Waals surface area contributed by atoms with Crippen LogP contribution in [-0.4, -0.2) is 38.9 Å². The highest BCUT2D eigenvalue weighted by molar-refractivity contribution is 7.86. The zero-order valence-electron chi connectivity index (χ0n) is 18.9. The minimum Gasteiger partial charge on any atom is -0.282 e. The van der Waals surface area contributed by atoms with E-state index in [0.717, 1.165) is 22.8 Å². The Morgan fingerprint density at radius 3 is 1.54 bits per heavy atom. The predicted octanol–water partition coefficient (Wildman–Crippen LogP) is 6.36. The van der Waals surface area contributed by atoms with Crippen molar-refractivity contribution in [1.82, 2.24) is 0 Å². The van der Waals surface area contributed by atoms with Crippen LogP contribution in [0.2, 0.25) is 0 Å². The van der Waals surface area contributed by atoms with Gasteiger partial charge in [-0.1, -0.05) is 57.0 Å². The second-order valence-corrected chi connectivity index (χ2v) is 10.3. The van der Waals surface area contributed by atoms with Crippen LogP contribution in [0.15, 0.2) is 87.5 Å². The van der Waals surface area contributed by atoms with E-state index >= 15 is 0 Å². The fourth-order valence-corrected chi connectivity index (χ4v) is 4.70. The second-order valence-electron chi connectivity index (χ2n) is 7.49. The van der Waals surface area contributed by atoms with Gasteiger partial charge in [0.25, 0.3) is 20.2 Å². The van der Waals surface area contributed by atoms with Crippen molar-refractivity contribution in [3.8, 4) is 0 Å². The molecule has 0 aliphatic carbocycles. The molecule has 3 aromatic carbocycles. The van der Waals surface area contributed by atoms with Gasteiger partial charge in [-0.2, -0.15) is 16.8 Å². The summed E-state index contributed by atoms with van der Waals surface area (Å²) in [7, 11) is -9.25. The highest BCUT2D eigenvalue weighted by Crippen LogP contribution is 2.27. The van der Waals surface area contributed by atoms with Crippen LogP contribution in [-0.2, 0) is 20.2 Å². The van der Waals surface area contributed by atoms with Crippen LogP contribution in [0.1, 0.15) is 35.2 Å². The van der Waals surface area contributed by atoms with Crippen molar-refractivity contribution in [2.24, 2.45) is 9.98 Å². The fourth-order valence-electron chi connectivity index (χ4n) is 3.29. The summed E-state index contributed by atoms with van der Waals surface area (Å²) in [5.41, 5.74) is 3.07. The maximum Gasteiger partial charge on any atom is 0.295 e. The number of aliphatic imine (C=N–C) groups is 2. The largest absolute Gasteiger partial charge is 0.295 e. The summed E-state index contributed by atoms with van der Waals surface area (Å²) in [6.07, 6.45) is 7.48. The molecule has 0 bridgehead atoms. The van der Waals surface area contributed by atoms with Gasteiger partial charge in [-0.15, -0.1) is 0 Å². The van der Waals surface area contributed by atoms with Crippen molar-refractivity contribution >= 4 is 68.8 Å². The topological polar surface area (TPSA) is 133 Å². The van der Waals surface area contributed by atoms with Gasteiger partial charge in [-0.3, -0.25) is 19.1 Å². The van der Waals surface area contributed by atoms with E-state index in [-0.39, 0.29) is 29.9 Å². The first kappa shape index (κ1) is 29.3. The summed E-state index contributed by atoms with van der Waals surface area (Å²) < 4.78 is 67.0. The van der Waals surface area contributed by atoms with E-state index in [2.05, 4.69) is 29.9 Å². The summed E-state index contributed by atoms with van der Waals surface area (Å²) in [5.74, 6) is 0. The van der Waals surface area contributed by atoms with Gasteiger partial charge >= 0.3 is 0 Å². The number of benzene rings is 3. The van der Waals surface area contributed by atoms with Crippen molar-refractivity contribution in [3.05, 3.63) is 95.6 Å². The number of hydrogen-bond acceptors (Lipinski definition) is 6. The van der Waals surface area contributed by atoms with Crippen molar-refractivity contribution in [2.75, 3.05) is 0 Å². The maximum atomic E-state index is 12.1. The molecular formula is C27H26N2O6S2. The van der Waals surface area contributed by atoms with Crippen LogP contribution in [0.5, 0.6) is 0 Å². The first-order valence-electron chi connectivity index (χ1n) is 10.3. The molecule has 0 spiro atoms. The molecule has 3 rings (SSSR count). The number of hydrogen-bond donors (Lipinski definition) is 2. The standard InChI is InChI=1S/C26H22N2O6S2.CH4/c1-4-18-12-19(5-2)14-20(13-18)17-28-24-11-9-22(26(16-24)36(32,33)34)7-6-21-8-10-23(27-3)15-25(21)35(29,30)31;/h4-17H,1-3H2,(H,29,30,31)(H,32,33,34);1H4/b7-6+,28-17?;.